The Bertz CT molecular complexity index is 469. The number of hydrogen-bond acceptors (Lipinski definition) is 2. The van der Waals surface area contributed by atoms with Crippen LogP contribution in [0.4, 0.5) is 0 Å². The number of halogens is 1. The molecule has 0 spiro atoms. The first-order valence-electron chi connectivity index (χ1n) is 6.98. The van der Waals surface area contributed by atoms with Crippen molar-refractivity contribution in [1.29, 1.82) is 0 Å². The lowest BCUT2D eigenvalue weighted by atomic mass is 9.85. The Morgan fingerprint density at radius 3 is 2.35 bits per heavy atom. The van der Waals surface area contributed by atoms with Crippen molar-refractivity contribution in [3.8, 4) is 0 Å². The second-order valence-corrected chi connectivity index (χ2v) is 5.95. The van der Waals surface area contributed by atoms with E-state index in [0.29, 0.717) is 18.7 Å². The molecular formula is C15H19BrN2O2. The first-order valence-corrected chi connectivity index (χ1v) is 7.77. The van der Waals surface area contributed by atoms with Gasteiger partial charge in [-0.05, 0) is 43.5 Å². The molecule has 0 saturated heterocycles. The molecule has 0 heterocycles. The fourth-order valence-electron chi connectivity index (χ4n) is 2.02. The van der Waals surface area contributed by atoms with Crippen LogP contribution in [0.5, 0.6) is 0 Å². The number of carbonyl (C=O) groups is 2. The highest BCUT2D eigenvalue weighted by Crippen LogP contribution is 2.25. The number of rotatable bonds is 6. The van der Waals surface area contributed by atoms with E-state index in [0.717, 1.165) is 23.7 Å². The smallest absolute Gasteiger partial charge is 0.251 e. The van der Waals surface area contributed by atoms with Crippen molar-refractivity contribution in [3.05, 3.63) is 34.3 Å². The lowest BCUT2D eigenvalue weighted by Crippen LogP contribution is -2.36. The highest BCUT2D eigenvalue weighted by molar-refractivity contribution is 9.10. The normalized spacial score (nSPS) is 14.4. The van der Waals surface area contributed by atoms with Gasteiger partial charge in [0.05, 0.1) is 0 Å². The van der Waals surface area contributed by atoms with Crippen LogP contribution in [0.25, 0.3) is 0 Å². The van der Waals surface area contributed by atoms with E-state index in [1.165, 1.54) is 6.42 Å². The number of amides is 2. The third-order valence-electron chi connectivity index (χ3n) is 3.52. The highest BCUT2D eigenvalue weighted by Gasteiger charge is 2.24. The van der Waals surface area contributed by atoms with Gasteiger partial charge in [-0.2, -0.15) is 0 Å². The lowest BCUT2D eigenvalue weighted by molar-refractivity contribution is -0.127. The summed E-state index contributed by atoms with van der Waals surface area (Å²) in [6, 6.07) is 7.23. The number of nitrogens with one attached hydrogen (secondary N) is 2. The fourth-order valence-corrected chi connectivity index (χ4v) is 2.28. The topological polar surface area (TPSA) is 58.2 Å². The zero-order valence-electron chi connectivity index (χ0n) is 11.3. The van der Waals surface area contributed by atoms with Gasteiger partial charge in [-0.15, -0.1) is 0 Å². The second-order valence-electron chi connectivity index (χ2n) is 5.04. The Hall–Kier alpha value is -1.36. The van der Waals surface area contributed by atoms with Gasteiger partial charge in [0.15, 0.2) is 0 Å². The molecule has 1 aromatic rings. The minimum absolute atomic E-state index is 0.0807. The zero-order chi connectivity index (χ0) is 14.4. The quantitative estimate of drug-likeness (QED) is 0.783. The molecule has 5 heteroatoms. The zero-order valence-corrected chi connectivity index (χ0v) is 12.9. The van der Waals surface area contributed by atoms with Crippen LogP contribution in [0.3, 0.4) is 0 Å². The van der Waals surface area contributed by atoms with E-state index in [1.807, 2.05) is 12.1 Å². The summed E-state index contributed by atoms with van der Waals surface area (Å²) in [6.45, 7) is 1.19. The molecule has 4 nitrogen and oxygen atoms in total. The van der Waals surface area contributed by atoms with Crippen LogP contribution < -0.4 is 10.6 Å². The van der Waals surface area contributed by atoms with Crippen molar-refractivity contribution in [2.45, 2.75) is 25.7 Å². The maximum Gasteiger partial charge on any atom is 0.251 e. The Morgan fingerprint density at radius 2 is 1.75 bits per heavy atom. The SMILES string of the molecule is O=C(NCCCNC(=O)C1CCC1)c1ccc(Br)cc1. The van der Waals surface area contributed by atoms with Crippen LogP contribution in [0.2, 0.25) is 0 Å². The van der Waals surface area contributed by atoms with Crippen LogP contribution in [-0.4, -0.2) is 24.9 Å². The van der Waals surface area contributed by atoms with E-state index in [-0.39, 0.29) is 17.7 Å². The minimum atomic E-state index is -0.0807. The molecule has 2 rings (SSSR count). The molecule has 1 saturated carbocycles. The Kier molecular flexibility index (Phi) is 5.59. The van der Waals surface area contributed by atoms with Gasteiger partial charge in [-0.25, -0.2) is 0 Å². The lowest BCUT2D eigenvalue weighted by Gasteiger charge is -2.23. The summed E-state index contributed by atoms with van der Waals surface area (Å²) in [5, 5.41) is 5.75. The fraction of sp³-hybridized carbons (Fsp3) is 0.467. The van der Waals surface area contributed by atoms with Crippen molar-refractivity contribution >= 4 is 27.7 Å². The Labute approximate surface area is 127 Å². The van der Waals surface area contributed by atoms with Gasteiger partial charge >= 0.3 is 0 Å². The maximum absolute atomic E-state index is 11.8. The van der Waals surface area contributed by atoms with Crippen LogP contribution in [-0.2, 0) is 4.79 Å². The summed E-state index contributed by atoms with van der Waals surface area (Å²) in [6.07, 6.45) is 3.96. The molecule has 20 heavy (non-hydrogen) atoms. The van der Waals surface area contributed by atoms with Crippen molar-refractivity contribution in [1.82, 2.24) is 10.6 Å². The number of benzene rings is 1. The Balaban J connectivity index is 1.59. The summed E-state index contributed by atoms with van der Waals surface area (Å²) >= 11 is 3.33. The van der Waals surface area contributed by atoms with Crippen molar-refractivity contribution in [3.63, 3.8) is 0 Å². The van der Waals surface area contributed by atoms with Gasteiger partial charge in [0, 0.05) is 29.0 Å². The van der Waals surface area contributed by atoms with Crippen molar-refractivity contribution < 1.29 is 9.59 Å². The Morgan fingerprint density at radius 1 is 1.10 bits per heavy atom. The van der Waals surface area contributed by atoms with E-state index < -0.39 is 0 Å². The standard InChI is InChI=1S/C15H19BrN2O2/c16-13-7-5-12(6-8-13)15(20)18-10-2-9-17-14(19)11-3-1-4-11/h5-8,11H,1-4,9-10H2,(H,17,19)(H,18,20). The first kappa shape index (κ1) is 15.0. The van der Waals surface area contributed by atoms with Gasteiger partial charge in [-0.1, -0.05) is 22.4 Å². The maximum atomic E-state index is 11.8. The molecule has 0 radical (unpaired) electrons. The van der Waals surface area contributed by atoms with Gasteiger partial charge in [0.1, 0.15) is 0 Å². The van der Waals surface area contributed by atoms with E-state index in [9.17, 15) is 9.59 Å². The molecule has 0 aliphatic heterocycles. The predicted octanol–water partition coefficient (Wildman–Crippen LogP) is 2.49. The third-order valence-corrected chi connectivity index (χ3v) is 4.05. The summed E-state index contributed by atoms with van der Waals surface area (Å²) in [5.41, 5.74) is 0.645. The van der Waals surface area contributed by atoms with E-state index >= 15 is 0 Å². The van der Waals surface area contributed by atoms with Gasteiger partial charge < -0.3 is 10.6 Å². The van der Waals surface area contributed by atoms with Crippen LogP contribution in [0.15, 0.2) is 28.7 Å². The minimum Gasteiger partial charge on any atom is -0.356 e. The predicted molar refractivity (Wildman–Crippen MR) is 81.4 cm³/mol. The van der Waals surface area contributed by atoms with Gasteiger partial charge in [0.25, 0.3) is 5.91 Å². The molecule has 1 aromatic carbocycles. The van der Waals surface area contributed by atoms with E-state index in [2.05, 4.69) is 26.6 Å². The molecule has 0 bridgehead atoms. The summed E-state index contributed by atoms with van der Waals surface area (Å²) in [4.78, 5) is 23.4. The van der Waals surface area contributed by atoms with E-state index in [1.54, 1.807) is 12.1 Å². The van der Waals surface area contributed by atoms with Gasteiger partial charge in [0.2, 0.25) is 5.91 Å². The van der Waals surface area contributed by atoms with E-state index in [4.69, 9.17) is 0 Å². The third kappa shape index (κ3) is 4.34. The summed E-state index contributed by atoms with van der Waals surface area (Å²) < 4.78 is 0.952. The average molecular weight is 339 g/mol. The van der Waals surface area contributed by atoms with Crippen LogP contribution in [0, 0.1) is 5.92 Å². The molecule has 1 aliphatic carbocycles. The van der Waals surface area contributed by atoms with Crippen LogP contribution >= 0.6 is 15.9 Å². The monoisotopic (exact) mass is 338 g/mol. The summed E-state index contributed by atoms with van der Waals surface area (Å²) in [7, 11) is 0. The molecule has 108 valence electrons. The first-order chi connectivity index (χ1) is 9.66. The van der Waals surface area contributed by atoms with Crippen LogP contribution in [0.1, 0.15) is 36.0 Å². The average Bonchev–Trinajstić information content (AvgIpc) is 2.37. The molecule has 1 aliphatic rings. The molecule has 1 fully saturated rings. The highest BCUT2D eigenvalue weighted by atomic mass is 79.9. The molecule has 0 aromatic heterocycles. The molecular weight excluding hydrogens is 320 g/mol. The molecule has 0 unspecified atom stereocenters. The second kappa shape index (κ2) is 7.43. The molecule has 0 atom stereocenters. The van der Waals surface area contributed by atoms with Gasteiger partial charge in [-0.3, -0.25) is 9.59 Å². The summed E-state index contributed by atoms with van der Waals surface area (Å²) in [5.74, 6) is 0.311. The largest absolute Gasteiger partial charge is 0.356 e. The number of hydrogen-bond donors (Lipinski definition) is 2. The number of carbonyl (C=O) groups excluding carboxylic acids is 2. The molecule has 2 amide bonds. The van der Waals surface area contributed by atoms with Crippen molar-refractivity contribution in [2.75, 3.05) is 13.1 Å². The molecule has 2 N–H and O–H groups in total. The van der Waals surface area contributed by atoms with Crippen molar-refractivity contribution in [2.24, 2.45) is 5.92 Å².